The third-order valence-electron chi connectivity index (χ3n) is 4.86. The molecule has 6 nitrogen and oxygen atoms in total. The molecular formula is C20H20O6. The summed E-state index contributed by atoms with van der Waals surface area (Å²) < 4.78 is 0. The third kappa shape index (κ3) is 4.14. The summed E-state index contributed by atoms with van der Waals surface area (Å²) in [5.41, 5.74) is 2.01. The molecule has 0 spiro atoms. The first-order valence-corrected chi connectivity index (χ1v) is 8.40. The minimum Gasteiger partial charge on any atom is -0.508 e. The molecule has 0 radical (unpaired) electrons. The summed E-state index contributed by atoms with van der Waals surface area (Å²) >= 11 is 0. The maximum Gasteiger partial charge on any atom is 0.307 e. The highest BCUT2D eigenvalue weighted by molar-refractivity contribution is 5.75. The predicted molar refractivity (Wildman–Crippen MR) is 93.2 cm³/mol. The lowest BCUT2D eigenvalue weighted by Gasteiger charge is -1.97. The van der Waals surface area contributed by atoms with Crippen molar-refractivity contribution in [1.82, 2.24) is 0 Å². The summed E-state index contributed by atoms with van der Waals surface area (Å²) in [4.78, 5) is 21.1. The minimum absolute atomic E-state index is 0.151. The van der Waals surface area contributed by atoms with Crippen LogP contribution in [0, 0.1) is 11.8 Å². The predicted octanol–water partition coefficient (Wildman–Crippen LogP) is 3.16. The molecule has 4 N–H and O–H groups in total. The monoisotopic (exact) mass is 356 g/mol. The van der Waals surface area contributed by atoms with E-state index < -0.39 is 11.9 Å². The van der Waals surface area contributed by atoms with Crippen molar-refractivity contribution in [2.24, 2.45) is 11.8 Å². The summed E-state index contributed by atoms with van der Waals surface area (Å²) in [6.07, 6.45) is 1.44. The van der Waals surface area contributed by atoms with Gasteiger partial charge in [-0.3, -0.25) is 9.59 Å². The van der Waals surface area contributed by atoms with Crippen LogP contribution in [0.4, 0.5) is 0 Å². The number of rotatable bonds is 4. The molecule has 2 aliphatic carbocycles. The molecule has 2 aliphatic rings. The van der Waals surface area contributed by atoms with Crippen LogP contribution in [0.5, 0.6) is 11.5 Å². The van der Waals surface area contributed by atoms with Gasteiger partial charge >= 0.3 is 11.9 Å². The fourth-order valence-corrected chi connectivity index (χ4v) is 3.12. The van der Waals surface area contributed by atoms with E-state index in [0.717, 1.165) is 24.0 Å². The van der Waals surface area contributed by atoms with Crippen LogP contribution >= 0.6 is 0 Å². The molecule has 2 aromatic rings. The zero-order valence-corrected chi connectivity index (χ0v) is 13.9. The quantitative estimate of drug-likeness (QED) is 0.669. The van der Waals surface area contributed by atoms with Crippen molar-refractivity contribution < 1.29 is 30.0 Å². The lowest BCUT2D eigenvalue weighted by atomic mass is 10.1. The Morgan fingerprint density at radius 3 is 1.19 bits per heavy atom. The summed E-state index contributed by atoms with van der Waals surface area (Å²) in [7, 11) is 0. The fourth-order valence-electron chi connectivity index (χ4n) is 3.12. The first-order valence-electron chi connectivity index (χ1n) is 8.40. The smallest absolute Gasteiger partial charge is 0.307 e. The second-order valence-corrected chi connectivity index (χ2v) is 6.76. The molecular weight excluding hydrogens is 336 g/mol. The SMILES string of the molecule is O=C(O)[C@@H]1C[C@H]1c1ccc(O)cc1.O=C(O)[C@H]1C[C@@H]1c1ccc(O)cc1. The Morgan fingerprint density at radius 2 is 0.962 bits per heavy atom. The molecule has 0 bridgehead atoms. The maximum atomic E-state index is 10.6. The molecule has 4 atom stereocenters. The van der Waals surface area contributed by atoms with E-state index in [2.05, 4.69) is 0 Å². The number of benzene rings is 2. The number of aliphatic carboxylic acids is 2. The largest absolute Gasteiger partial charge is 0.508 e. The molecule has 4 rings (SSSR count). The van der Waals surface area contributed by atoms with Crippen molar-refractivity contribution in [1.29, 1.82) is 0 Å². The van der Waals surface area contributed by atoms with Crippen molar-refractivity contribution in [2.75, 3.05) is 0 Å². The van der Waals surface area contributed by atoms with Crippen molar-refractivity contribution >= 4 is 11.9 Å². The average molecular weight is 356 g/mol. The molecule has 0 heterocycles. The van der Waals surface area contributed by atoms with Crippen LogP contribution in [-0.2, 0) is 9.59 Å². The van der Waals surface area contributed by atoms with Crippen LogP contribution in [-0.4, -0.2) is 32.4 Å². The highest BCUT2D eigenvalue weighted by Crippen LogP contribution is 2.48. The standard InChI is InChI=1S/2C10H10O3/c2*11-7-3-1-6(2-4-7)8-5-9(8)10(12)13/h2*1-4,8-9,11H,5H2,(H,12,13)/t2*8-,9+/m10/s1. The van der Waals surface area contributed by atoms with Crippen LogP contribution in [0.2, 0.25) is 0 Å². The zero-order valence-electron chi connectivity index (χ0n) is 13.9. The number of aromatic hydroxyl groups is 2. The topological polar surface area (TPSA) is 115 Å². The van der Waals surface area contributed by atoms with Gasteiger partial charge in [-0.1, -0.05) is 24.3 Å². The van der Waals surface area contributed by atoms with Gasteiger partial charge in [-0.2, -0.15) is 0 Å². The molecule has 2 aromatic carbocycles. The Hall–Kier alpha value is -3.02. The van der Waals surface area contributed by atoms with Crippen molar-refractivity contribution in [3.05, 3.63) is 59.7 Å². The lowest BCUT2D eigenvalue weighted by Crippen LogP contribution is -1.98. The van der Waals surface area contributed by atoms with E-state index >= 15 is 0 Å². The molecule has 0 aliphatic heterocycles. The first-order chi connectivity index (χ1) is 12.4. The maximum absolute atomic E-state index is 10.6. The highest BCUT2D eigenvalue weighted by atomic mass is 16.4. The van der Waals surface area contributed by atoms with Crippen molar-refractivity contribution in [3.8, 4) is 11.5 Å². The van der Waals surface area contributed by atoms with Gasteiger partial charge in [-0.05, 0) is 60.1 Å². The molecule has 136 valence electrons. The van der Waals surface area contributed by atoms with E-state index in [1.54, 1.807) is 48.5 Å². The van der Waals surface area contributed by atoms with Gasteiger partial charge in [0.1, 0.15) is 11.5 Å². The van der Waals surface area contributed by atoms with Crippen LogP contribution in [0.1, 0.15) is 35.8 Å². The molecule has 2 fully saturated rings. The Balaban J connectivity index is 0.000000151. The Kier molecular flexibility index (Phi) is 4.84. The van der Waals surface area contributed by atoms with E-state index in [1.165, 1.54) is 0 Å². The van der Waals surface area contributed by atoms with Crippen LogP contribution in [0.25, 0.3) is 0 Å². The van der Waals surface area contributed by atoms with Gasteiger partial charge in [0, 0.05) is 0 Å². The van der Waals surface area contributed by atoms with Gasteiger partial charge < -0.3 is 20.4 Å². The Labute approximate surface area is 150 Å². The second kappa shape index (κ2) is 7.07. The van der Waals surface area contributed by atoms with Gasteiger partial charge in [0.25, 0.3) is 0 Å². The minimum atomic E-state index is -0.724. The van der Waals surface area contributed by atoms with Crippen LogP contribution in [0.15, 0.2) is 48.5 Å². The molecule has 0 aromatic heterocycles. The summed E-state index contributed by atoms with van der Waals surface area (Å²) in [5, 5.41) is 35.4. The Bertz CT molecular complexity index is 727. The second-order valence-electron chi connectivity index (χ2n) is 6.76. The average Bonchev–Trinajstić information content (AvgIpc) is 3.49. The number of carbonyl (C=O) groups is 2. The molecule has 26 heavy (non-hydrogen) atoms. The summed E-state index contributed by atoms with van der Waals surface area (Å²) in [5.74, 6) is -1.14. The third-order valence-corrected chi connectivity index (χ3v) is 4.86. The van der Waals surface area contributed by atoms with Crippen molar-refractivity contribution in [2.45, 2.75) is 24.7 Å². The number of hydrogen-bond acceptors (Lipinski definition) is 4. The van der Waals surface area contributed by atoms with E-state index in [9.17, 15) is 9.59 Å². The van der Waals surface area contributed by atoms with E-state index in [-0.39, 0.29) is 35.2 Å². The molecule has 0 saturated heterocycles. The highest BCUT2D eigenvalue weighted by Gasteiger charge is 2.44. The first kappa shape index (κ1) is 17.8. The van der Waals surface area contributed by atoms with Gasteiger partial charge in [0.05, 0.1) is 11.8 Å². The number of phenolic OH excluding ortho intramolecular Hbond substituents is 2. The number of phenols is 2. The number of carboxylic acids is 2. The van der Waals surface area contributed by atoms with Crippen molar-refractivity contribution in [3.63, 3.8) is 0 Å². The van der Waals surface area contributed by atoms with Gasteiger partial charge in [-0.25, -0.2) is 0 Å². The lowest BCUT2D eigenvalue weighted by molar-refractivity contribution is -0.139. The Morgan fingerprint density at radius 1 is 0.654 bits per heavy atom. The normalized spacial score (nSPS) is 25.5. The summed E-state index contributed by atoms with van der Waals surface area (Å²) in [6.45, 7) is 0. The number of carboxylic acid groups (broad SMARTS) is 2. The van der Waals surface area contributed by atoms with Gasteiger partial charge in [0.15, 0.2) is 0 Å². The number of hydrogen-bond donors (Lipinski definition) is 4. The van der Waals surface area contributed by atoms with E-state index in [4.69, 9.17) is 20.4 Å². The zero-order chi connectivity index (χ0) is 18.8. The molecule has 6 heteroatoms. The fraction of sp³-hybridized carbons (Fsp3) is 0.300. The van der Waals surface area contributed by atoms with Crippen LogP contribution in [0.3, 0.4) is 0 Å². The van der Waals surface area contributed by atoms with Gasteiger partial charge in [-0.15, -0.1) is 0 Å². The molecule has 0 unspecified atom stereocenters. The molecule has 2 saturated carbocycles. The van der Waals surface area contributed by atoms with E-state index in [0.29, 0.717) is 0 Å². The van der Waals surface area contributed by atoms with E-state index in [1.807, 2.05) is 0 Å². The van der Waals surface area contributed by atoms with Crippen LogP contribution < -0.4 is 0 Å². The molecule has 0 amide bonds. The summed E-state index contributed by atoms with van der Waals surface area (Å²) in [6, 6.07) is 13.5. The van der Waals surface area contributed by atoms with Gasteiger partial charge in [0.2, 0.25) is 0 Å².